The molecule has 0 saturated carbocycles. The zero-order valence-electron chi connectivity index (χ0n) is 12.1. The first-order valence-electron chi connectivity index (χ1n) is 6.87. The standard InChI is InChI=1S/C15H19N5/c1-8-6-11-4-5-13(12(11)7-9(8)2)19-15-18-10(3)17-14(16)20-15/h6-7,13H,4-5H2,1-3H3,(H3,16,17,18,19,20)/t13-/m1/s1. The number of nitrogens with two attached hydrogens (primary N) is 1. The number of aryl methyl sites for hydroxylation is 4. The van der Waals surface area contributed by atoms with Crippen molar-refractivity contribution in [3.8, 4) is 0 Å². The van der Waals surface area contributed by atoms with E-state index in [2.05, 4.69) is 46.2 Å². The number of anilines is 2. The summed E-state index contributed by atoms with van der Waals surface area (Å²) in [6, 6.07) is 4.82. The lowest BCUT2D eigenvalue weighted by Crippen LogP contribution is -2.12. The molecule has 5 nitrogen and oxygen atoms in total. The van der Waals surface area contributed by atoms with Gasteiger partial charge >= 0.3 is 0 Å². The smallest absolute Gasteiger partial charge is 0.228 e. The summed E-state index contributed by atoms with van der Waals surface area (Å²) in [6.45, 7) is 6.13. The number of nitrogen functional groups attached to an aromatic ring is 1. The second kappa shape index (κ2) is 4.74. The van der Waals surface area contributed by atoms with E-state index in [0.717, 1.165) is 12.8 Å². The van der Waals surface area contributed by atoms with E-state index in [4.69, 9.17) is 5.73 Å². The number of aromatic nitrogens is 3. The van der Waals surface area contributed by atoms with Gasteiger partial charge in [0.05, 0.1) is 6.04 Å². The first-order chi connectivity index (χ1) is 9.52. The molecule has 0 amide bonds. The van der Waals surface area contributed by atoms with E-state index in [1.807, 2.05) is 6.92 Å². The molecule has 0 aliphatic heterocycles. The first kappa shape index (κ1) is 12.8. The van der Waals surface area contributed by atoms with E-state index in [1.165, 1.54) is 22.3 Å². The lowest BCUT2D eigenvalue weighted by Gasteiger charge is -2.15. The Morgan fingerprint density at radius 3 is 2.60 bits per heavy atom. The third-order valence-electron chi connectivity index (χ3n) is 3.90. The van der Waals surface area contributed by atoms with Gasteiger partial charge in [-0.15, -0.1) is 0 Å². The first-order valence-corrected chi connectivity index (χ1v) is 6.87. The molecule has 0 fully saturated rings. The molecule has 0 radical (unpaired) electrons. The monoisotopic (exact) mass is 269 g/mol. The van der Waals surface area contributed by atoms with Crippen LogP contribution in [0.2, 0.25) is 0 Å². The molecule has 1 aliphatic carbocycles. The van der Waals surface area contributed by atoms with Crippen molar-refractivity contribution in [2.24, 2.45) is 0 Å². The topological polar surface area (TPSA) is 76.7 Å². The van der Waals surface area contributed by atoms with Crippen molar-refractivity contribution < 1.29 is 0 Å². The van der Waals surface area contributed by atoms with Crippen molar-refractivity contribution in [2.45, 2.75) is 39.7 Å². The molecular weight excluding hydrogens is 250 g/mol. The van der Waals surface area contributed by atoms with Crippen LogP contribution in [0.5, 0.6) is 0 Å². The van der Waals surface area contributed by atoms with Crippen LogP contribution in [0, 0.1) is 20.8 Å². The van der Waals surface area contributed by atoms with Crippen molar-refractivity contribution in [1.82, 2.24) is 15.0 Å². The molecule has 1 aromatic carbocycles. The van der Waals surface area contributed by atoms with Crippen LogP contribution in [0.15, 0.2) is 12.1 Å². The molecule has 1 heterocycles. The van der Waals surface area contributed by atoms with Gasteiger partial charge in [-0.2, -0.15) is 15.0 Å². The highest BCUT2D eigenvalue weighted by Crippen LogP contribution is 2.34. The highest BCUT2D eigenvalue weighted by molar-refractivity contribution is 5.45. The van der Waals surface area contributed by atoms with Crippen LogP contribution in [0.3, 0.4) is 0 Å². The van der Waals surface area contributed by atoms with Gasteiger partial charge in [0.1, 0.15) is 5.82 Å². The highest BCUT2D eigenvalue weighted by atomic mass is 15.2. The normalized spacial score (nSPS) is 17.1. The SMILES string of the molecule is Cc1nc(N)nc(N[C@@H]2CCc3cc(C)c(C)cc32)n1. The second-order valence-electron chi connectivity index (χ2n) is 5.44. The van der Waals surface area contributed by atoms with E-state index >= 15 is 0 Å². The number of nitrogens with one attached hydrogen (secondary N) is 1. The van der Waals surface area contributed by atoms with Crippen molar-refractivity contribution in [2.75, 3.05) is 11.1 Å². The third-order valence-corrected chi connectivity index (χ3v) is 3.90. The number of nitrogens with zero attached hydrogens (tertiary/aromatic N) is 3. The maximum absolute atomic E-state index is 5.67. The van der Waals surface area contributed by atoms with Gasteiger partial charge < -0.3 is 11.1 Å². The van der Waals surface area contributed by atoms with Crippen molar-refractivity contribution >= 4 is 11.9 Å². The summed E-state index contributed by atoms with van der Waals surface area (Å²) < 4.78 is 0. The summed E-state index contributed by atoms with van der Waals surface area (Å²) >= 11 is 0. The average molecular weight is 269 g/mol. The number of hydrogen-bond donors (Lipinski definition) is 2. The number of fused-ring (bicyclic) bond motifs is 1. The van der Waals surface area contributed by atoms with E-state index in [-0.39, 0.29) is 12.0 Å². The van der Waals surface area contributed by atoms with Gasteiger partial charge in [-0.05, 0) is 55.9 Å². The fourth-order valence-corrected chi connectivity index (χ4v) is 2.77. The zero-order chi connectivity index (χ0) is 14.3. The zero-order valence-corrected chi connectivity index (χ0v) is 12.1. The van der Waals surface area contributed by atoms with E-state index in [0.29, 0.717) is 11.8 Å². The molecule has 0 spiro atoms. The summed E-state index contributed by atoms with van der Waals surface area (Å²) in [6.07, 6.45) is 2.15. The Morgan fingerprint density at radius 2 is 1.85 bits per heavy atom. The fourth-order valence-electron chi connectivity index (χ4n) is 2.77. The molecule has 2 aromatic rings. The summed E-state index contributed by atoms with van der Waals surface area (Å²) in [5.41, 5.74) is 11.1. The summed E-state index contributed by atoms with van der Waals surface area (Å²) in [4.78, 5) is 12.4. The Hall–Kier alpha value is -2.17. The molecule has 104 valence electrons. The number of hydrogen-bond acceptors (Lipinski definition) is 5. The van der Waals surface area contributed by atoms with Crippen LogP contribution in [0.1, 0.15) is 40.5 Å². The molecule has 1 aromatic heterocycles. The number of rotatable bonds is 2. The van der Waals surface area contributed by atoms with E-state index in [1.54, 1.807) is 0 Å². The second-order valence-corrected chi connectivity index (χ2v) is 5.44. The Bertz CT molecular complexity index is 645. The lowest BCUT2D eigenvalue weighted by molar-refractivity contribution is 0.747. The van der Waals surface area contributed by atoms with Crippen LogP contribution >= 0.6 is 0 Å². The molecule has 0 unspecified atom stereocenters. The molecule has 3 rings (SSSR count). The van der Waals surface area contributed by atoms with Gasteiger partial charge in [-0.1, -0.05) is 12.1 Å². The van der Waals surface area contributed by atoms with Crippen LogP contribution < -0.4 is 11.1 Å². The van der Waals surface area contributed by atoms with Gasteiger partial charge in [-0.25, -0.2) is 0 Å². The van der Waals surface area contributed by atoms with Crippen molar-refractivity contribution in [1.29, 1.82) is 0 Å². The lowest BCUT2D eigenvalue weighted by atomic mass is 10.0. The maximum atomic E-state index is 5.67. The average Bonchev–Trinajstić information content (AvgIpc) is 2.71. The minimum absolute atomic E-state index is 0.255. The highest BCUT2D eigenvalue weighted by Gasteiger charge is 2.23. The Kier molecular flexibility index (Phi) is 3.04. The summed E-state index contributed by atoms with van der Waals surface area (Å²) in [5, 5.41) is 3.38. The molecule has 3 N–H and O–H groups in total. The van der Waals surface area contributed by atoms with Crippen LogP contribution in [0.25, 0.3) is 0 Å². The predicted molar refractivity (Wildman–Crippen MR) is 79.6 cm³/mol. The van der Waals surface area contributed by atoms with E-state index in [9.17, 15) is 0 Å². The molecule has 1 aliphatic rings. The Labute approximate surface area is 118 Å². The van der Waals surface area contributed by atoms with E-state index < -0.39 is 0 Å². The van der Waals surface area contributed by atoms with Crippen LogP contribution in [0.4, 0.5) is 11.9 Å². The van der Waals surface area contributed by atoms with Gasteiger partial charge in [0.15, 0.2) is 0 Å². The van der Waals surface area contributed by atoms with Crippen LogP contribution in [-0.4, -0.2) is 15.0 Å². The predicted octanol–water partition coefficient (Wildman–Crippen LogP) is 2.48. The fraction of sp³-hybridized carbons (Fsp3) is 0.400. The molecule has 0 bridgehead atoms. The van der Waals surface area contributed by atoms with Gasteiger partial charge in [0.25, 0.3) is 0 Å². The third kappa shape index (κ3) is 2.31. The van der Waals surface area contributed by atoms with Gasteiger partial charge in [0.2, 0.25) is 11.9 Å². The number of benzene rings is 1. The quantitative estimate of drug-likeness (QED) is 0.875. The Balaban J connectivity index is 1.90. The Morgan fingerprint density at radius 1 is 1.10 bits per heavy atom. The molecule has 1 atom stereocenters. The molecule has 5 heteroatoms. The van der Waals surface area contributed by atoms with Gasteiger partial charge in [0, 0.05) is 0 Å². The molecule has 0 saturated heterocycles. The van der Waals surface area contributed by atoms with Gasteiger partial charge in [-0.3, -0.25) is 0 Å². The van der Waals surface area contributed by atoms with Crippen molar-refractivity contribution in [3.63, 3.8) is 0 Å². The minimum atomic E-state index is 0.255. The maximum Gasteiger partial charge on any atom is 0.228 e. The summed E-state index contributed by atoms with van der Waals surface area (Å²) in [7, 11) is 0. The van der Waals surface area contributed by atoms with Crippen molar-refractivity contribution in [3.05, 3.63) is 40.2 Å². The minimum Gasteiger partial charge on any atom is -0.368 e. The molecular formula is C15H19N5. The molecule has 20 heavy (non-hydrogen) atoms. The largest absolute Gasteiger partial charge is 0.368 e. The van der Waals surface area contributed by atoms with Crippen LogP contribution in [-0.2, 0) is 6.42 Å². The summed E-state index contributed by atoms with van der Waals surface area (Å²) in [5.74, 6) is 1.46.